The summed E-state index contributed by atoms with van der Waals surface area (Å²) in [5.74, 6) is 1.87. The summed E-state index contributed by atoms with van der Waals surface area (Å²) in [6.45, 7) is 6.38. The number of fused-ring (bicyclic) bond motifs is 1. The Morgan fingerprint density at radius 2 is 2.12 bits per heavy atom. The monoisotopic (exact) mass is 363 g/mol. The Kier molecular flexibility index (Phi) is 5.90. The third-order valence-electron chi connectivity index (χ3n) is 5.73. The van der Waals surface area contributed by atoms with Crippen LogP contribution in [0.25, 0.3) is 0 Å². The molecule has 0 bridgehead atoms. The van der Waals surface area contributed by atoms with Crippen molar-refractivity contribution in [1.29, 1.82) is 0 Å². The fourth-order valence-electron chi connectivity index (χ4n) is 4.44. The molecule has 1 aromatic carbocycles. The molecule has 3 rings (SSSR count). The van der Waals surface area contributed by atoms with Gasteiger partial charge in [-0.2, -0.15) is 0 Å². The second-order valence-corrected chi connectivity index (χ2v) is 8.41. The minimum Gasteiger partial charge on any atom is -0.371 e. The molecule has 1 amide bonds. The van der Waals surface area contributed by atoms with Gasteiger partial charge in [0.1, 0.15) is 0 Å². The van der Waals surface area contributed by atoms with Gasteiger partial charge in [-0.05, 0) is 56.3 Å². The van der Waals surface area contributed by atoms with Crippen molar-refractivity contribution in [1.82, 2.24) is 10.6 Å². The molecule has 1 saturated carbocycles. The van der Waals surface area contributed by atoms with Gasteiger partial charge >= 0.3 is 0 Å². The van der Waals surface area contributed by atoms with E-state index in [-0.39, 0.29) is 11.9 Å². The van der Waals surface area contributed by atoms with Crippen LogP contribution in [0.5, 0.6) is 0 Å². The van der Waals surface area contributed by atoms with Crippen molar-refractivity contribution in [2.75, 3.05) is 25.0 Å². The smallest absolute Gasteiger partial charge is 0.237 e. The van der Waals surface area contributed by atoms with E-state index in [0.29, 0.717) is 23.8 Å². The van der Waals surface area contributed by atoms with E-state index in [9.17, 15) is 4.79 Å². The molecule has 4 atom stereocenters. The first-order chi connectivity index (χ1) is 12.0. The standard InChI is InChI=1S/C20H30ClN3O/c1-13(2)9-19(22-3)20(25)23-18-8-7-14-11-24(12-17(14)18)16-6-4-5-15(21)10-16/h4-6,10,13-14,17-19,22H,7-9,11-12H2,1-3H3,(H,23,25)/t14-,17+,18+,19+/m1/s1. The molecule has 0 unspecified atom stereocenters. The molecule has 1 aliphatic heterocycles. The summed E-state index contributed by atoms with van der Waals surface area (Å²) in [5, 5.41) is 7.29. The fraction of sp³-hybridized carbons (Fsp3) is 0.650. The minimum atomic E-state index is -0.0931. The first-order valence-corrected chi connectivity index (χ1v) is 9.84. The van der Waals surface area contributed by atoms with Crippen LogP contribution in [0.2, 0.25) is 5.02 Å². The second-order valence-electron chi connectivity index (χ2n) is 7.97. The lowest BCUT2D eigenvalue weighted by Crippen LogP contribution is -2.49. The number of hydrogen-bond acceptors (Lipinski definition) is 3. The van der Waals surface area contributed by atoms with Gasteiger partial charge < -0.3 is 15.5 Å². The summed E-state index contributed by atoms with van der Waals surface area (Å²) in [5.41, 5.74) is 1.19. The molecule has 2 aliphatic rings. The van der Waals surface area contributed by atoms with Crippen molar-refractivity contribution in [3.63, 3.8) is 0 Å². The van der Waals surface area contributed by atoms with Gasteiger partial charge in [-0.15, -0.1) is 0 Å². The molecule has 138 valence electrons. The van der Waals surface area contributed by atoms with Gasteiger partial charge in [-0.1, -0.05) is 31.5 Å². The topological polar surface area (TPSA) is 44.4 Å². The number of likely N-dealkylation sites (N-methyl/N-ethyl adjacent to an activating group) is 1. The van der Waals surface area contributed by atoms with Crippen LogP contribution in [0.3, 0.4) is 0 Å². The normalized spacial score (nSPS) is 26.8. The van der Waals surface area contributed by atoms with Crippen LogP contribution < -0.4 is 15.5 Å². The quantitative estimate of drug-likeness (QED) is 0.815. The lowest BCUT2D eigenvalue weighted by Gasteiger charge is -2.25. The maximum atomic E-state index is 12.6. The van der Waals surface area contributed by atoms with Gasteiger partial charge in [0.05, 0.1) is 6.04 Å². The third-order valence-corrected chi connectivity index (χ3v) is 5.97. The summed E-state index contributed by atoms with van der Waals surface area (Å²) in [7, 11) is 1.88. The van der Waals surface area contributed by atoms with E-state index in [1.165, 1.54) is 12.1 Å². The van der Waals surface area contributed by atoms with Gasteiger partial charge in [0.2, 0.25) is 5.91 Å². The lowest BCUT2D eigenvalue weighted by atomic mass is 9.97. The maximum Gasteiger partial charge on any atom is 0.237 e. The fourth-order valence-corrected chi connectivity index (χ4v) is 4.62. The number of rotatable bonds is 6. The van der Waals surface area contributed by atoms with E-state index in [0.717, 1.165) is 31.0 Å². The number of amides is 1. The molecule has 1 aromatic rings. The molecule has 1 aliphatic carbocycles. The Hall–Kier alpha value is -1.26. The molecular weight excluding hydrogens is 334 g/mol. The van der Waals surface area contributed by atoms with Crippen LogP contribution in [0.1, 0.15) is 33.1 Å². The molecule has 2 fully saturated rings. The van der Waals surface area contributed by atoms with E-state index in [4.69, 9.17) is 11.6 Å². The largest absolute Gasteiger partial charge is 0.371 e. The van der Waals surface area contributed by atoms with Crippen molar-refractivity contribution >= 4 is 23.2 Å². The predicted octanol–water partition coefficient (Wildman–Crippen LogP) is 3.31. The van der Waals surface area contributed by atoms with E-state index in [2.05, 4.69) is 35.4 Å². The zero-order valence-electron chi connectivity index (χ0n) is 15.5. The number of halogens is 1. The highest BCUT2D eigenvalue weighted by Gasteiger charge is 2.43. The summed E-state index contributed by atoms with van der Waals surface area (Å²) in [4.78, 5) is 15.1. The molecule has 5 heteroatoms. The highest BCUT2D eigenvalue weighted by Crippen LogP contribution is 2.40. The molecule has 1 heterocycles. The molecule has 0 aromatic heterocycles. The summed E-state index contributed by atoms with van der Waals surface area (Å²) >= 11 is 6.14. The van der Waals surface area contributed by atoms with E-state index < -0.39 is 0 Å². The molecule has 1 saturated heterocycles. The summed E-state index contributed by atoms with van der Waals surface area (Å²) in [6, 6.07) is 8.29. The number of anilines is 1. The van der Waals surface area contributed by atoms with E-state index in [1.54, 1.807) is 0 Å². The third kappa shape index (κ3) is 4.29. The Morgan fingerprint density at radius 1 is 1.32 bits per heavy atom. The van der Waals surface area contributed by atoms with Crippen LogP contribution in [0.15, 0.2) is 24.3 Å². The average molecular weight is 364 g/mol. The van der Waals surface area contributed by atoms with Crippen LogP contribution in [0, 0.1) is 17.8 Å². The average Bonchev–Trinajstić information content (AvgIpc) is 3.14. The summed E-state index contributed by atoms with van der Waals surface area (Å²) in [6.07, 6.45) is 3.17. The maximum absolute atomic E-state index is 12.6. The van der Waals surface area contributed by atoms with Crippen molar-refractivity contribution in [2.45, 2.75) is 45.2 Å². The van der Waals surface area contributed by atoms with Crippen LogP contribution >= 0.6 is 11.6 Å². The van der Waals surface area contributed by atoms with Crippen molar-refractivity contribution in [2.24, 2.45) is 17.8 Å². The molecule has 2 N–H and O–H groups in total. The van der Waals surface area contributed by atoms with Crippen LogP contribution in [0.4, 0.5) is 5.69 Å². The number of nitrogens with one attached hydrogen (secondary N) is 2. The van der Waals surface area contributed by atoms with Gasteiger partial charge in [0.15, 0.2) is 0 Å². The number of carbonyl (C=O) groups excluding carboxylic acids is 1. The SMILES string of the molecule is CN[C@@H](CC(C)C)C(=O)N[C@H]1CC[C@@H]2CN(c3cccc(Cl)c3)C[C@@H]21. The van der Waals surface area contributed by atoms with Crippen molar-refractivity contribution in [3.05, 3.63) is 29.3 Å². The molecule has 4 nitrogen and oxygen atoms in total. The number of benzene rings is 1. The molecular formula is C20H30ClN3O. The van der Waals surface area contributed by atoms with Gasteiger partial charge in [0, 0.05) is 35.8 Å². The minimum absolute atomic E-state index is 0.0931. The number of carbonyl (C=O) groups is 1. The molecule has 25 heavy (non-hydrogen) atoms. The highest BCUT2D eigenvalue weighted by molar-refractivity contribution is 6.30. The Balaban J connectivity index is 1.61. The van der Waals surface area contributed by atoms with Crippen LogP contribution in [-0.4, -0.2) is 38.1 Å². The summed E-state index contributed by atoms with van der Waals surface area (Å²) < 4.78 is 0. The molecule has 0 spiro atoms. The van der Waals surface area contributed by atoms with Crippen LogP contribution in [-0.2, 0) is 4.79 Å². The zero-order chi connectivity index (χ0) is 18.0. The Morgan fingerprint density at radius 3 is 2.80 bits per heavy atom. The Bertz CT molecular complexity index is 606. The zero-order valence-corrected chi connectivity index (χ0v) is 16.2. The predicted molar refractivity (Wildman–Crippen MR) is 104 cm³/mol. The number of hydrogen-bond donors (Lipinski definition) is 2. The lowest BCUT2D eigenvalue weighted by molar-refractivity contribution is -0.124. The van der Waals surface area contributed by atoms with Gasteiger partial charge in [-0.3, -0.25) is 4.79 Å². The number of nitrogens with zero attached hydrogens (tertiary/aromatic N) is 1. The second kappa shape index (κ2) is 7.96. The first-order valence-electron chi connectivity index (χ1n) is 9.46. The van der Waals surface area contributed by atoms with Gasteiger partial charge in [-0.25, -0.2) is 0 Å². The first kappa shape index (κ1) is 18.5. The highest BCUT2D eigenvalue weighted by atomic mass is 35.5. The van der Waals surface area contributed by atoms with Gasteiger partial charge in [0.25, 0.3) is 0 Å². The van der Waals surface area contributed by atoms with Crippen molar-refractivity contribution in [3.8, 4) is 0 Å². The van der Waals surface area contributed by atoms with Crippen molar-refractivity contribution < 1.29 is 4.79 Å². The van der Waals surface area contributed by atoms with E-state index >= 15 is 0 Å². The Labute approximate surface area is 156 Å². The molecule has 0 radical (unpaired) electrons. The van der Waals surface area contributed by atoms with E-state index in [1.807, 2.05) is 25.2 Å².